The van der Waals surface area contributed by atoms with Crippen LogP contribution in [-0.4, -0.2) is 37.3 Å². The van der Waals surface area contributed by atoms with E-state index in [4.69, 9.17) is 5.11 Å². The van der Waals surface area contributed by atoms with Gasteiger partial charge in [-0.25, -0.2) is 0 Å². The number of hydrogen-bond donors (Lipinski definition) is 1. The highest BCUT2D eigenvalue weighted by Crippen LogP contribution is 1.66. The average Bonchev–Trinajstić information content (AvgIpc) is 1.72. The highest BCUT2D eigenvalue weighted by atomic mass is 16.3. The molecule has 0 aliphatic carbocycles. The zero-order valence-corrected chi connectivity index (χ0v) is 5.72. The molecule has 2 nitrogen and oxygen atoms in total. The number of aliphatic hydroxyl groups excluding tert-OH is 1. The summed E-state index contributed by atoms with van der Waals surface area (Å²) in [7, 11) is 3.85. The molecule has 0 amide bonds. The lowest BCUT2D eigenvalue weighted by atomic mass is 10.6. The predicted molar refractivity (Wildman–Crippen MR) is 36.9 cm³/mol. The molecule has 0 aliphatic rings. The van der Waals surface area contributed by atoms with Crippen molar-refractivity contribution in [1.29, 1.82) is 0 Å². The van der Waals surface area contributed by atoms with Gasteiger partial charge in [0.15, 0.2) is 0 Å². The second-order valence-corrected chi connectivity index (χ2v) is 1.53. The summed E-state index contributed by atoms with van der Waals surface area (Å²) in [5.74, 6) is 0. The highest BCUT2D eigenvalue weighted by molar-refractivity contribution is 4.34. The van der Waals surface area contributed by atoms with Gasteiger partial charge in [-0.15, -0.1) is 13.2 Å². The van der Waals surface area contributed by atoms with Crippen LogP contribution in [0.15, 0.2) is 13.2 Å². The lowest BCUT2D eigenvalue weighted by Gasteiger charge is -2.03. The molecule has 0 unspecified atom stereocenters. The van der Waals surface area contributed by atoms with Crippen LogP contribution in [0.2, 0.25) is 0 Å². The summed E-state index contributed by atoms with van der Waals surface area (Å²) in [5, 5.41) is 8.20. The van der Waals surface area contributed by atoms with E-state index in [1.807, 2.05) is 19.0 Å². The van der Waals surface area contributed by atoms with E-state index in [0.29, 0.717) is 0 Å². The molecule has 2 heteroatoms. The lowest BCUT2D eigenvalue weighted by Crippen LogP contribution is -2.15. The van der Waals surface area contributed by atoms with Gasteiger partial charge in [0.2, 0.25) is 0 Å². The predicted octanol–water partition coefficient (Wildman–Crippen LogP) is 0.342. The average molecular weight is 117 g/mol. The molecule has 0 spiro atoms. The van der Waals surface area contributed by atoms with E-state index < -0.39 is 0 Å². The quantitative estimate of drug-likeness (QED) is 0.527. The molecule has 8 heavy (non-hydrogen) atoms. The molecule has 0 heterocycles. The van der Waals surface area contributed by atoms with Gasteiger partial charge in [-0.1, -0.05) is 0 Å². The maximum atomic E-state index is 8.20. The van der Waals surface area contributed by atoms with Crippen LogP contribution in [-0.2, 0) is 0 Å². The van der Waals surface area contributed by atoms with Gasteiger partial charge < -0.3 is 10.0 Å². The van der Waals surface area contributed by atoms with E-state index in [1.54, 1.807) is 0 Å². The summed E-state index contributed by atoms with van der Waals surface area (Å²) in [6.07, 6.45) is 0. The lowest BCUT2D eigenvalue weighted by molar-refractivity contribution is 0.243. The monoisotopic (exact) mass is 117 g/mol. The molecule has 0 radical (unpaired) electrons. The Labute approximate surface area is 51.4 Å². The first-order valence-electron chi connectivity index (χ1n) is 2.53. The summed E-state index contributed by atoms with van der Waals surface area (Å²) in [5.41, 5.74) is 0. The maximum Gasteiger partial charge on any atom is 0.0558 e. The van der Waals surface area contributed by atoms with Gasteiger partial charge in [-0.05, 0) is 14.1 Å². The number of rotatable bonds is 2. The van der Waals surface area contributed by atoms with Crippen molar-refractivity contribution in [2.45, 2.75) is 0 Å². The van der Waals surface area contributed by atoms with Crippen LogP contribution in [0, 0.1) is 0 Å². The van der Waals surface area contributed by atoms with E-state index in [1.165, 1.54) is 0 Å². The Morgan fingerprint density at radius 2 is 1.75 bits per heavy atom. The van der Waals surface area contributed by atoms with Gasteiger partial charge >= 0.3 is 0 Å². The van der Waals surface area contributed by atoms with Crippen molar-refractivity contribution in [3.8, 4) is 0 Å². The molecular weight excluding hydrogens is 102 g/mol. The van der Waals surface area contributed by atoms with Gasteiger partial charge in [0, 0.05) is 6.54 Å². The number of nitrogens with zero attached hydrogens (tertiary/aromatic N) is 1. The fraction of sp³-hybridized carbons (Fsp3) is 0.667. The van der Waals surface area contributed by atoms with Gasteiger partial charge in [-0.2, -0.15) is 0 Å². The second-order valence-electron chi connectivity index (χ2n) is 1.53. The Kier molecular flexibility index (Phi) is 13.0. The van der Waals surface area contributed by atoms with Crippen LogP contribution < -0.4 is 0 Å². The molecule has 0 saturated heterocycles. The zero-order chi connectivity index (χ0) is 6.99. The molecule has 0 saturated carbocycles. The van der Waals surface area contributed by atoms with Crippen LogP contribution in [0.4, 0.5) is 0 Å². The first-order valence-corrected chi connectivity index (χ1v) is 2.53. The van der Waals surface area contributed by atoms with Crippen molar-refractivity contribution in [3.05, 3.63) is 13.2 Å². The molecule has 50 valence electrons. The van der Waals surface area contributed by atoms with Crippen molar-refractivity contribution in [2.24, 2.45) is 0 Å². The van der Waals surface area contributed by atoms with Crippen molar-refractivity contribution in [1.82, 2.24) is 4.90 Å². The van der Waals surface area contributed by atoms with Gasteiger partial charge in [0.05, 0.1) is 6.61 Å². The summed E-state index contributed by atoms with van der Waals surface area (Å²) >= 11 is 0. The fourth-order valence-corrected chi connectivity index (χ4v) is 0.200. The molecule has 0 atom stereocenters. The Balaban J connectivity index is 0. The van der Waals surface area contributed by atoms with Crippen LogP contribution in [0.1, 0.15) is 0 Å². The minimum atomic E-state index is 0.257. The summed E-state index contributed by atoms with van der Waals surface area (Å²) in [4.78, 5) is 1.93. The third-order valence-electron chi connectivity index (χ3n) is 0.547. The molecule has 0 rings (SSSR count). The van der Waals surface area contributed by atoms with Crippen molar-refractivity contribution in [2.75, 3.05) is 27.2 Å². The van der Waals surface area contributed by atoms with Crippen LogP contribution in [0.3, 0.4) is 0 Å². The fourth-order valence-electron chi connectivity index (χ4n) is 0.200. The molecule has 0 aromatic rings. The Bertz CT molecular complexity index is 37.5. The van der Waals surface area contributed by atoms with Gasteiger partial charge in [-0.3, -0.25) is 0 Å². The second kappa shape index (κ2) is 9.83. The molecule has 0 aliphatic heterocycles. The van der Waals surface area contributed by atoms with E-state index >= 15 is 0 Å². The molecule has 1 N–H and O–H groups in total. The molecule has 0 bridgehead atoms. The van der Waals surface area contributed by atoms with E-state index in [9.17, 15) is 0 Å². The minimum Gasteiger partial charge on any atom is -0.395 e. The first kappa shape index (κ1) is 10.6. The third-order valence-corrected chi connectivity index (χ3v) is 0.547. The van der Waals surface area contributed by atoms with Gasteiger partial charge in [0.1, 0.15) is 0 Å². The van der Waals surface area contributed by atoms with E-state index in [0.717, 1.165) is 6.54 Å². The number of aliphatic hydroxyl groups is 1. The summed E-state index contributed by atoms with van der Waals surface area (Å²) in [6.45, 7) is 7.02. The molecule has 0 fully saturated rings. The topological polar surface area (TPSA) is 23.5 Å². The Morgan fingerprint density at radius 3 is 1.75 bits per heavy atom. The SMILES string of the molecule is C=C.CN(C)CCO. The Morgan fingerprint density at radius 1 is 1.38 bits per heavy atom. The smallest absolute Gasteiger partial charge is 0.0558 e. The van der Waals surface area contributed by atoms with Crippen LogP contribution in [0.25, 0.3) is 0 Å². The normalized spacial score (nSPS) is 8.00. The van der Waals surface area contributed by atoms with Crippen molar-refractivity contribution in [3.63, 3.8) is 0 Å². The minimum absolute atomic E-state index is 0.257. The largest absolute Gasteiger partial charge is 0.395 e. The third kappa shape index (κ3) is 17.4. The number of hydrogen-bond acceptors (Lipinski definition) is 2. The molecule has 0 aromatic carbocycles. The zero-order valence-electron chi connectivity index (χ0n) is 5.72. The summed E-state index contributed by atoms with van der Waals surface area (Å²) < 4.78 is 0. The van der Waals surface area contributed by atoms with Crippen molar-refractivity contribution >= 4 is 0 Å². The van der Waals surface area contributed by atoms with Crippen LogP contribution >= 0.6 is 0 Å². The first-order chi connectivity index (χ1) is 3.77. The van der Waals surface area contributed by atoms with Gasteiger partial charge in [0.25, 0.3) is 0 Å². The summed E-state index contributed by atoms with van der Waals surface area (Å²) in [6, 6.07) is 0. The standard InChI is InChI=1S/C4H11NO.C2H4/c1-5(2)3-4-6;1-2/h6H,3-4H2,1-2H3;1-2H2. The van der Waals surface area contributed by atoms with Crippen molar-refractivity contribution < 1.29 is 5.11 Å². The number of likely N-dealkylation sites (N-methyl/N-ethyl adjacent to an activating group) is 1. The molecule has 0 aromatic heterocycles. The van der Waals surface area contributed by atoms with Crippen LogP contribution in [0.5, 0.6) is 0 Å². The maximum absolute atomic E-state index is 8.20. The Hall–Kier alpha value is -0.340. The highest BCUT2D eigenvalue weighted by Gasteiger charge is 1.80. The molecular formula is C6H15NO. The van der Waals surface area contributed by atoms with E-state index in [-0.39, 0.29) is 6.61 Å². The van der Waals surface area contributed by atoms with E-state index in [2.05, 4.69) is 13.2 Å².